The Labute approximate surface area is 107 Å². The van der Waals surface area contributed by atoms with Crippen molar-refractivity contribution in [2.24, 2.45) is 5.73 Å². The largest absolute Gasteiger partial charge is 0.375 e. The maximum absolute atomic E-state index is 13.0. The van der Waals surface area contributed by atoms with Gasteiger partial charge in [0.25, 0.3) is 5.92 Å². The molecule has 0 aromatic heterocycles. The van der Waals surface area contributed by atoms with Crippen molar-refractivity contribution >= 4 is 0 Å². The van der Waals surface area contributed by atoms with E-state index in [-0.39, 0.29) is 6.54 Å². The second kappa shape index (κ2) is 7.41. The quantitative estimate of drug-likeness (QED) is 0.722. The van der Waals surface area contributed by atoms with E-state index in [2.05, 4.69) is 0 Å². The maximum Gasteiger partial charge on any atom is 0.272 e. The first-order chi connectivity index (χ1) is 8.53. The van der Waals surface area contributed by atoms with E-state index in [1.165, 1.54) is 4.90 Å². The summed E-state index contributed by atoms with van der Waals surface area (Å²) in [6.45, 7) is 0.427. The summed E-state index contributed by atoms with van der Waals surface area (Å²) in [7, 11) is 1.63. The van der Waals surface area contributed by atoms with E-state index in [1.807, 2.05) is 30.3 Å². The minimum atomic E-state index is -2.83. The molecular formula is C13H20F2N2O. The standard InChI is InChI=1S/C13H20F2N2O/c1-17(11-13(14,15)10-16)7-8-18-9-12-5-3-2-4-6-12/h2-6H,7-11,16H2,1H3. The van der Waals surface area contributed by atoms with Crippen LogP contribution in [0.15, 0.2) is 30.3 Å². The third kappa shape index (κ3) is 6.05. The van der Waals surface area contributed by atoms with Gasteiger partial charge in [0.1, 0.15) is 0 Å². The second-order valence-electron chi connectivity index (χ2n) is 4.34. The number of nitrogens with zero attached hydrogens (tertiary/aromatic N) is 1. The molecule has 1 aromatic carbocycles. The monoisotopic (exact) mass is 258 g/mol. The lowest BCUT2D eigenvalue weighted by Crippen LogP contribution is -2.41. The number of hydrogen-bond acceptors (Lipinski definition) is 3. The van der Waals surface area contributed by atoms with Crippen molar-refractivity contribution in [1.82, 2.24) is 4.90 Å². The van der Waals surface area contributed by atoms with Gasteiger partial charge < -0.3 is 10.5 Å². The average molecular weight is 258 g/mol. The van der Waals surface area contributed by atoms with Gasteiger partial charge in [0.2, 0.25) is 0 Å². The van der Waals surface area contributed by atoms with E-state index < -0.39 is 12.5 Å². The minimum Gasteiger partial charge on any atom is -0.375 e. The highest BCUT2D eigenvalue weighted by Crippen LogP contribution is 2.12. The van der Waals surface area contributed by atoms with Gasteiger partial charge in [-0.25, -0.2) is 8.78 Å². The van der Waals surface area contributed by atoms with Crippen LogP contribution in [0.3, 0.4) is 0 Å². The Bertz CT molecular complexity index is 333. The molecule has 102 valence electrons. The van der Waals surface area contributed by atoms with Crippen molar-refractivity contribution in [2.75, 3.05) is 33.3 Å². The number of hydrogen-bond donors (Lipinski definition) is 1. The summed E-state index contributed by atoms with van der Waals surface area (Å²) in [4.78, 5) is 1.53. The molecule has 0 aliphatic rings. The van der Waals surface area contributed by atoms with Crippen molar-refractivity contribution in [1.29, 1.82) is 0 Å². The first-order valence-electron chi connectivity index (χ1n) is 5.91. The number of nitrogens with two attached hydrogens (primary N) is 1. The van der Waals surface area contributed by atoms with E-state index >= 15 is 0 Å². The number of rotatable bonds is 8. The van der Waals surface area contributed by atoms with E-state index in [4.69, 9.17) is 10.5 Å². The fourth-order valence-electron chi connectivity index (χ4n) is 1.52. The predicted octanol–water partition coefficient (Wildman–Crippen LogP) is 1.73. The van der Waals surface area contributed by atoms with Gasteiger partial charge in [-0.3, -0.25) is 4.90 Å². The minimum absolute atomic E-state index is 0.335. The number of likely N-dealkylation sites (N-methyl/N-ethyl adjacent to an activating group) is 1. The molecule has 0 heterocycles. The molecule has 0 atom stereocenters. The summed E-state index contributed by atoms with van der Waals surface area (Å²) < 4.78 is 31.4. The van der Waals surface area contributed by atoms with Crippen LogP contribution in [-0.4, -0.2) is 44.1 Å². The third-order valence-electron chi connectivity index (χ3n) is 2.53. The van der Waals surface area contributed by atoms with Crippen molar-refractivity contribution < 1.29 is 13.5 Å². The van der Waals surface area contributed by atoms with Gasteiger partial charge in [0.05, 0.1) is 26.3 Å². The Hall–Kier alpha value is -1.04. The van der Waals surface area contributed by atoms with Crippen molar-refractivity contribution in [3.8, 4) is 0 Å². The summed E-state index contributed by atoms with van der Waals surface area (Å²) >= 11 is 0. The zero-order chi connectivity index (χ0) is 13.4. The maximum atomic E-state index is 13.0. The smallest absolute Gasteiger partial charge is 0.272 e. The first-order valence-corrected chi connectivity index (χ1v) is 5.91. The lowest BCUT2D eigenvalue weighted by atomic mass is 10.2. The molecule has 0 unspecified atom stereocenters. The normalized spacial score (nSPS) is 12.1. The molecule has 0 saturated carbocycles. The lowest BCUT2D eigenvalue weighted by Gasteiger charge is -2.22. The van der Waals surface area contributed by atoms with Gasteiger partial charge in [0.15, 0.2) is 0 Å². The van der Waals surface area contributed by atoms with E-state index in [9.17, 15) is 8.78 Å². The van der Waals surface area contributed by atoms with Gasteiger partial charge in [-0.2, -0.15) is 0 Å². The molecule has 1 rings (SSSR count). The van der Waals surface area contributed by atoms with Crippen molar-refractivity contribution in [3.05, 3.63) is 35.9 Å². The third-order valence-corrected chi connectivity index (χ3v) is 2.53. The second-order valence-corrected chi connectivity index (χ2v) is 4.34. The van der Waals surface area contributed by atoms with Gasteiger partial charge in [-0.15, -0.1) is 0 Å². The van der Waals surface area contributed by atoms with Crippen LogP contribution in [0.25, 0.3) is 0 Å². The molecule has 18 heavy (non-hydrogen) atoms. The molecular weight excluding hydrogens is 238 g/mol. The van der Waals surface area contributed by atoms with Crippen LogP contribution in [0.5, 0.6) is 0 Å². The Balaban J connectivity index is 2.14. The van der Waals surface area contributed by atoms with Crippen molar-refractivity contribution in [2.45, 2.75) is 12.5 Å². The molecule has 5 heteroatoms. The molecule has 1 aromatic rings. The SMILES string of the molecule is CN(CCOCc1ccccc1)CC(F)(F)CN. The Kier molecular flexibility index (Phi) is 6.18. The van der Waals surface area contributed by atoms with E-state index in [1.54, 1.807) is 7.05 Å². The molecule has 0 fully saturated rings. The summed E-state index contributed by atoms with van der Waals surface area (Å²) in [5, 5.41) is 0. The van der Waals surface area contributed by atoms with Gasteiger partial charge >= 0.3 is 0 Å². The van der Waals surface area contributed by atoms with E-state index in [0.717, 1.165) is 5.56 Å². The van der Waals surface area contributed by atoms with Gasteiger partial charge in [-0.05, 0) is 12.6 Å². The van der Waals surface area contributed by atoms with Crippen molar-refractivity contribution in [3.63, 3.8) is 0 Å². The fourth-order valence-corrected chi connectivity index (χ4v) is 1.52. The van der Waals surface area contributed by atoms with Crippen LogP contribution in [0.1, 0.15) is 5.56 Å². The summed E-state index contributed by atoms with van der Waals surface area (Å²) in [5.41, 5.74) is 6.05. The summed E-state index contributed by atoms with van der Waals surface area (Å²) in [6.07, 6.45) is 0. The molecule has 0 spiro atoms. The zero-order valence-corrected chi connectivity index (χ0v) is 10.6. The highest BCUT2D eigenvalue weighted by atomic mass is 19.3. The highest BCUT2D eigenvalue weighted by Gasteiger charge is 2.28. The highest BCUT2D eigenvalue weighted by molar-refractivity contribution is 5.13. The molecule has 0 radical (unpaired) electrons. The van der Waals surface area contributed by atoms with Crippen LogP contribution in [0, 0.1) is 0 Å². The summed E-state index contributed by atoms with van der Waals surface area (Å²) in [5.74, 6) is -2.83. The molecule has 0 bridgehead atoms. The number of ether oxygens (including phenoxy) is 1. The molecule has 0 aliphatic heterocycles. The number of halogens is 2. The van der Waals surface area contributed by atoms with Crippen LogP contribution >= 0.6 is 0 Å². The average Bonchev–Trinajstić information content (AvgIpc) is 2.35. The van der Waals surface area contributed by atoms with Crippen LogP contribution < -0.4 is 5.73 Å². The van der Waals surface area contributed by atoms with Crippen LogP contribution in [-0.2, 0) is 11.3 Å². The predicted molar refractivity (Wildman–Crippen MR) is 67.6 cm³/mol. The van der Waals surface area contributed by atoms with Gasteiger partial charge in [-0.1, -0.05) is 30.3 Å². The lowest BCUT2D eigenvalue weighted by molar-refractivity contribution is -0.0233. The van der Waals surface area contributed by atoms with E-state index in [0.29, 0.717) is 19.8 Å². The molecule has 0 aliphatic carbocycles. The Morgan fingerprint density at radius 2 is 1.94 bits per heavy atom. The van der Waals surface area contributed by atoms with Gasteiger partial charge in [0, 0.05) is 6.54 Å². The van der Waals surface area contributed by atoms with Crippen LogP contribution in [0.4, 0.5) is 8.78 Å². The molecule has 3 nitrogen and oxygen atoms in total. The summed E-state index contributed by atoms with van der Waals surface area (Å²) in [6, 6.07) is 9.74. The number of benzene rings is 1. The molecule has 0 saturated heterocycles. The topological polar surface area (TPSA) is 38.5 Å². The fraction of sp³-hybridized carbons (Fsp3) is 0.538. The zero-order valence-electron chi connectivity index (χ0n) is 10.6. The number of alkyl halides is 2. The molecule has 0 amide bonds. The van der Waals surface area contributed by atoms with Crippen LogP contribution in [0.2, 0.25) is 0 Å². The Morgan fingerprint density at radius 3 is 2.56 bits per heavy atom. The molecule has 2 N–H and O–H groups in total. The first kappa shape index (κ1) is 15.0. The Morgan fingerprint density at radius 1 is 1.28 bits per heavy atom.